The summed E-state index contributed by atoms with van der Waals surface area (Å²) in [7, 11) is 3.25. The van der Waals surface area contributed by atoms with Crippen LogP contribution < -0.4 is 20.5 Å². The van der Waals surface area contributed by atoms with Gasteiger partial charge in [0.1, 0.15) is 11.5 Å². The predicted molar refractivity (Wildman–Crippen MR) is 93.3 cm³/mol. The molecule has 23 heavy (non-hydrogen) atoms. The van der Waals surface area contributed by atoms with Crippen LogP contribution in [0.15, 0.2) is 18.2 Å². The lowest BCUT2D eigenvalue weighted by Gasteiger charge is -2.27. The summed E-state index contributed by atoms with van der Waals surface area (Å²) in [6.07, 6.45) is 3.73. The highest BCUT2D eigenvalue weighted by atomic mass is 35.5. The van der Waals surface area contributed by atoms with Crippen LogP contribution in [0, 0.1) is 5.92 Å². The summed E-state index contributed by atoms with van der Waals surface area (Å²) in [6.45, 7) is 1.96. The van der Waals surface area contributed by atoms with Gasteiger partial charge in [-0.2, -0.15) is 0 Å². The van der Waals surface area contributed by atoms with Crippen LogP contribution >= 0.6 is 12.4 Å². The Morgan fingerprint density at radius 2 is 2.04 bits per heavy atom. The van der Waals surface area contributed by atoms with Gasteiger partial charge in [0.2, 0.25) is 5.91 Å². The maximum Gasteiger partial charge on any atom is 0.223 e. The fourth-order valence-corrected chi connectivity index (χ4v) is 3.05. The molecule has 2 rings (SSSR count). The normalized spacial score (nSPS) is 21.7. The average Bonchev–Trinajstić information content (AvgIpc) is 2.54. The van der Waals surface area contributed by atoms with Gasteiger partial charge < -0.3 is 20.5 Å². The summed E-state index contributed by atoms with van der Waals surface area (Å²) in [4.78, 5) is 12.4. The second-order valence-corrected chi connectivity index (χ2v) is 5.96. The van der Waals surface area contributed by atoms with E-state index < -0.39 is 0 Å². The van der Waals surface area contributed by atoms with Gasteiger partial charge in [0.05, 0.1) is 20.3 Å². The molecule has 0 saturated heterocycles. The Hall–Kier alpha value is -1.46. The van der Waals surface area contributed by atoms with Crippen molar-refractivity contribution in [3.8, 4) is 11.5 Å². The Bertz CT molecular complexity index is 525. The highest BCUT2D eigenvalue weighted by Crippen LogP contribution is 2.30. The lowest BCUT2D eigenvalue weighted by atomic mass is 9.85. The first kappa shape index (κ1) is 19.6. The van der Waals surface area contributed by atoms with Crippen molar-refractivity contribution in [2.45, 2.75) is 44.7 Å². The fourth-order valence-electron chi connectivity index (χ4n) is 3.05. The monoisotopic (exact) mass is 342 g/mol. The molecule has 0 aliphatic heterocycles. The quantitative estimate of drug-likeness (QED) is 0.863. The minimum absolute atomic E-state index is 0. The average molecular weight is 343 g/mol. The van der Waals surface area contributed by atoms with E-state index >= 15 is 0 Å². The number of nitrogens with two attached hydrogens (primary N) is 1. The lowest BCUT2D eigenvalue weighted by Crippen LogP contribution is -2.38. The number of hydrogen-bond acceptors (Lipinski definition) is 4. The largest absolute Gasteiger partial charge is 0.497 e. The predicted octanol–water partition coefficient (Wildman–Crippen LogP) is 2.82. The molecule has 3 N–H and O–H groups in total. The van der Waals surface area contributed by atoms with Gasteiger partial charge in [0.25, 0.3) is 0 Å². The number of halogens is 1. The van der Waals surface area contributed by atoms with Crippen LogP contribution in [-0.2, 0) is 4.79 Å². The standard InChI is InChI=1S/C17H26N2O3.ClH/c1-11(15-10-14(21-2)7-8-16(15)22-3)19-17(20)12-5-4-6-13(18)9-12;/h7-8,10-13H,4-6,9,18H2,1-3H3,(H,19,20);1H. The summed E-state index contributed by atoms with van der Waals surface area (Å²) >= 11 is 0. The van der Waals surface area contributed by atoms with Crippen LogP contribution in [0.2, 0.25) is 0 Å². The van der Waals surface area contributed by atoms with Crippen molar-refractivity contribution in [1.82, 2.24) is 5.32 Å². The molecular weight excluding hydrogens is 316 g/mol. The molecule has 1 saturated carbocycles. The van der Waals surface area contributed by atoms with Crippen molar-refractivity contribution >= 4 is 18.3 Å². The van der Waals surface area contributed by atoms with Crippen LogP contribution in [0.1, 0.15) is 44.2 Å². The third-order valence-electron chi connectivity index (χ3n) is 4.35. The van der Waals surface area contributed by atoms with E-state index in [4.69, 9.17) is 15.2 Å². The third-order valence-corrected chi connectivity index (χ3v) is 4.35. The Balaban J connectivity index is 0.00000264. The minimum atomic E-state index is -0.143. The van der Waals surface area contributed by atoms with Gasteiger partial charge in [-0.25, -0.2) is 0 Å². The second kappa shape index (κ2) is 8.99. The molecule has 1 fully saturated rings. The van der Waals surface area contributed by atoms with E-state index in [1.807, 2.05) is 25.1 Å². The SMILES string of the molecule is COc1ccc(OC)c(C(C)NC(=O)C2CCCC(N)C2)c1.Cl. The number of benzene rings is 1. The van der Waals surface area contributed by atoms with Gasteiger partial charge in [-0.15, -0.1) is 12.4 Å². The molecule has 0 bridgehead atoms. The maximum atomic E-state index is 12.4. The second-order valence-electron chi connectivity index (χ2n) is 5.96. The number of nitrogens with one attached hydrogen (secondary N) is 1. The molecule has 0 heterocycles. The molecule has 6 heteroatoms. The zero-order valence-corrected chi connectivity index (χ0v) is 14.8. The number of hydrogen-bond donors (Lipinski definition) is 2. The Labute approximate surface area is 144 Å². The molecule has 0 aromatic heterocycles. The van der Waals surface area contributed by atoms with Gasteiger partial charge in [0.15, 0.2) is 0 Å². The number of amides is 1. The van der Waals surface area contributed by atoms with E-state index in [1.54, 1.807) is 14.2 Å². The Kier molecular flexibility index (Phi) is 7.65. The van der Waals surface area contributed by atoms with Crippen molar-refractivity contribution in [3.05, 3.63) is 23.8 Å². The third kappa shape index (κ3) is 5.01. The van der Waals surface area contributed by atoms with E-state index in [1.165, 1.54) is 0 Å². The van der Waals surface area contributed by atoms with Crippen LogP contribution in [0.4, 0.5) is 0 Å². The molecule has 0 radical (unpaired) electrons. The van der Waals surface area contributed by atoms with Crippen LogP contribution in [0.5, 0.6) is 11.5 Å². The summed E-state index contributed by atoms with van der Waals surface area (Å²) < 4.78 is 10.6. The number of methoxy groups -OCH3 is 2. The van der Waals surface area contributed by atoms with Crippen molar-refractivity contribution in [2.24, 2.45) is 11.7 Å². The van der Waals surface area contributed by atoms with E-state index in [2.05, 4.69) is 5.32 Å². The van der Waals surface area contributed by atoms with Gasteiger partial charge in [-0.3, -0.25) is 4.79 Å². The summed E-state index contributed by atoms with van der Waals surface area (Å²) in [6, 6.07) is 5.60. The van der Waals surface area contributed by atoms with E-state index in [9.17, 15) is 4.79 Å². The lowest BCUT2D eigenvalue weighted by molar-refractivity contribution is -0.126. The summed E-state index contributed by atoms with van der Waals surface area (Å²) in [5.74, 6) is 1.58. The molecule has 1 amide bonds. The Morgan fingerprint density at radius 3 is 2.65 bits per heavy atom. The van der Waals surface area contributed by atoms with Gasteiger partial charge >= 0.3 is 0 Å². The van der Waals surface area contributed by atoms with Crippen LogP contribution in [0.3, 0.4) is 0 Å². The number of carbonyl (C=O) groups is 1. The number of rotatable bonds is 5. The molecule has 130 valence electrons. The van der Waals surface area contributed by atoms with Gasteiger partial charge in [-0.05, 0) is 44.4 Å². The smallest absolute Gasteiger partial charge is 0.223 e. The first-order valence-corrected chi connectivity index (χ1v) is 7.83. The molecule has 1 aliphatic carbocycles. The van der Waals surface area contributed by atoms with Crippen molar-refractivity contribution in [1.29, 1.82) is 0 Å². The molecule has 1 aromatic carbocycles. The highest BCUT2D eigenvalue weighted by molar-refractivity contribution is 5.85. The minimum Gasteiger partial charge on any atom is -0.497 e. The molecule has 5 nitrogen and oxygen atoms in total. The van der Waals surface area contributed by atoms with Gasteiger partial charge in [-0.1, -0.05) is 6.42 Å². The zero-order valence-electron chi connectivity index (χ0n) is 14.0. The zero-order chi connectivity index (χ0) is 16.1. The van der Waals surface area contributed by atoms with Crippen LogP contribution in [0.25, 0.3) is 0 Å². The number of carbonyl (C=O) groups excluding carboxylic acids is 1. The molecular formula is C17H27ClN2O3. The molecule has 1 aromatic rings. The fraction of sp³-hybridized carbons (Fsp3) is 0.588. The topological polar surface area (TPSA) is 73.6 Å². The number of ether oxygens (including phenoxy) is 2. The van der Waals surface area contributed by atoms with Crippen molar-refractivity contribution in [3.63, 3.8) is 0 Å². The van der Waals surface area contributed by atoms with E-state index in [0.717, 1.165) is 42.7 Å². The van der Waals surface area contributed by atoms with Crippen molar-refractivity contribution < 1.29 is 14.3 Å². The first-order chi connectivity index (χ1) is 10.5. The Morgan fingerprint density at radius 1 is 1.30 bits per heavy atom. The molecule has 1 aliphatic rings. The van der Waals surface area contributed by atoms with Crippen LogP contribution in [-0.4, -0.2) is 26.2 Å². The highest BCUT2D eigenvalue weighted by Gasteiger charge is 2.26. The molecule has 3 unspecified atom stereocenters. The summed E-state index contributed by atoms with van der Waals surface area (Å²) in [5.41, 5.74) is 6.88. The van der Waals surface area contributed by atoms with Gasteiger partial charge in [0, 0.05) is 17.5 Å². The van der Waals surface area contributed by atoms with Crippen molar-refractivity contribution in [2.75, 3.05) is 14.2 Å². The van der Waals surface area contributed by atoms with E-state index in [-0.39, 0.29) is 36.3 Å². The maximum absolute atomic E-state index is 12.4. The first-order valence-electron chi connectivity index (χ1n) is 7.83. The summed E-state index contributed by atoms with van der Waals surface area (Å²) in [5, 5.41) is 3.08. The molecule has 0 spiro atoms. The van der Waals surface area contributed by atoms with E-state index in [0.29, 0.717) is 0 Å². The molecule has 3 atom stereocenters.